The van der Waals surface area contributed by atoms with Gasteiger partial charge in [0, 0.05) is 19.2 Å². The largest absolute Gasteiger partial charge is 0.384 e. The van der Waals surface area contributed by atoms with Crippen molar-refractivity contribution in [1.29, 1.82) is 5.41 Å². The van der Waals surface area contributed by atoms with Crippen LogP contribution in [0.2, 0.25) is 0 Å². The number of rotatable bonds is 18. The highest BCUT2D eigenvalue weighted by atomic mass is 16.5. The molecule has 0 aromatic heterocycles. The Hall–Kier alpha value is -0.670. The normalized spacial score (nSPS) is 12.0. The first-order chi connectivity index (χ1) is 12.3. The molecule has 3 heteroatoms. The quantitative estimate of drug-likeness (QED) is 0.167. The Bertz CT molecular complexity index is 267. The van der Waals surface area contributed by atoms with Crippen molar-refractivity contribution in [2.45, 2.75) is 97.3 Å². The van der Waals surface area contributed by atoms with Crippen LogP contribution in [0.5, 0.6) is 0 Å². The van der Waals surface area contributed by atoms with Crippen molar-refractivity contribution >= 4 is 6.21 Å². The first-order valence-electron chi connectivity index (χ1n) is 10.7. The number of ether oxygens (including phenoxy) is 1. The molecule has 0 saturated heterocycles. The van der Waals surface area contributed by atoms with Crippen LogP contribution >= 0.6 is 0 Å². The van der Waals surface area contributed by atoms with E-state index in [0.29, 0.717) is 6.61 Å². The van der Waals surface area contributed by atoms with Crippen molar-refractivity contribution in [2.75, 3.05) is 20.3 Å². The van der Waals surface area contributed by atoms with Gasteiger partial charge in [-0.2, -0.15) is 0 Å². The minimum Gasteiger partial charge on any atom is -0.384 e. The average Bonchev–Trinajstić information content (AvgIpc) is 2.65. The number of allylic oxidation sites excluding steroid dienone is 2. The molecule has 150 valence electrons. The Morgan fingerprint density at radius 1 is 0.800 bits per heavy atom. The highest BCUT2D eigenvalue weighted by Crippen LogP contribution is 2.12. The van der Waals surface area contributed by atoms with Gasteiger partial charge in [-0.15, -0.1) is 0 Å². The number of nitrogens with two attached hydrogens (primary N) is 1. The van der Waals surface area contributed by atoms with E-state index in [0.717, 1.165) is 13.0 Å². The topological polar surface area (TPSA) is 59.1 Å². The molecule has 3 nitrogen and oxygen atoms in total. The fraction of sp³-hybridized carbons (Fsp3) is 0.864. The number of nitrogens with one attached hydrogen (secondary N) is 1. The lowest BCUT2D eigenvalue weighted by atomic mass is 10.0. The van der Waals surface area contributed by atoms with Gasteiger partial charge in [0.25, 0.3) is 0 Å². The Morgan fingerprint density at radius 2 is 1.28 bits per heavy atom. The smallest absolute Gasteiger partial charge is 0.0542 e. The molecule has 3 N–H and O–H groups in total. The molecule has 0 amide bonds. The molecular weight excluding hydrogens is 308 g/mol. The minimum absolute atomic E-state index is 0.242. The van der Waals surface area contributed by atoms with E-state index in [1.165, 1.54) is 83.3 Å². The van der Waals surface area contributed by atoms with Crippen LogP contribution in [-0.2, 0) is 4.74 Å². The number of methoxy groups -OCH3 is 1. The molecule has 0 aliphatic carbocycles. The summed E-state index contributed by atoms with van der Waals surface area (Å²) in [5.74, 6) is 0.242. The fourth-order valence-electron chi connectivity index (χ4n) is 2.78. The van der Waals surface area contributed by atoms with Crippen LogP contribution in [0, 0.1) is 11.3 Å². The predicted octanol–water partition coefficient (Wildman–Crippen LogP) is 6.51. The predicted molar refractivity (Wildman–Crippen MR) is 114 cm³/mol. The van der Waals surface area contributed by atoms with Crippen LogP contribution in [0.4, 0.5) is 0 Å². The molecule has 0 rings (SSSR count). The van der Waals surface area contributed by atoms with Gasteiger partial charge < -0.3 is 15.9 Å². The first-order valence-corrected chi connectivity index (χ1v) is 10.7. The maximum atomic E-state index is 7.30. The van der Waals surface area contributed by atoms with Gasteiger partial charge in [-0.1, -0.05) is 83.8 Å². The summed E-state index contributed by atoms with van der Waals surface area (Å²) in [6.07, 6.45) is 23.0. The molecule has 0 aliphatic rings. The van der Waals surface area contributed by atoms with Crippen molar-refractivity contribution in [3.05, 3.63) is 12.2 Å². The van der Waals surface area contributed by atoms with E-state index >= 15 is 0 Å². The molecule has 0 radical (unpaired) electrons. The monoisotopic (exact) mass is 354 g/mol. The zero-order chi connectivity index (χ0) is 19.0. The van der Waals surface area contributed by atoms with Crippen molar-refractivity contribution in [1.82, 2.24) is 0 Å². The van der Waals surface area contributed by atoms with E-state index in [1.54, 1.807) is 7.11 Å². The van der Waals surface area contributed by atoms with E-state index in [2.05, 4.69) is 12.2 Å². The van der Waals surface area contributed by atoms with Gasteiger partial charge >= 0.3 is 0 Å². The molecule has 0 fully saturated rings. The Kier molecular flexibility index (Phi) is 27.2. The number of hydrogen-bond donors (Lipinski definition) is 2. The standard InChI is InChI=1S/C20H40N2O.C2H6/c1-23-19-20(18-22)16-14-12-10-8-6-4-2-3-5-7-9-11-13-15-17-21;1-2/h12,14,18,20,22H,2-11,13,15-17,19,21H2,1H3;1-2H3/b14-12+,22-18?;. The molecule has 0 spiro atoms. The molecule has 0 aromatic rings. The second kappa shape index (κ2) is 25.6. The second-order valence-corrected chi connectivity index (χ2v) is 6.56. The molecule has 1 atom stereocenters. The third kappa shape index (κ3) is 23.3. The molecule has 0 saturated carbocycles. The van der Waals surface area contributed by atoms with Gasteiger partial charge in [0.05, 0.1) is 6.61 Å². The summed E-state index contributed by atoms with van der Waals surface area (Å²) >= 11 is 0. The van der Waals surface area contributed by atoms with Crippen LogP contribution < -0.4 is 5.73 Å². The lowest BCUT2D eigenvalue weighted by Gasteiger charge is -2.06. The van der Waals surface area contributed by atoms with Gasteiger partial charge in [-0.05, 0) is 32.2 Å². The first kappa shape index (κ1) is 26.6. The SMILES string of the molecule is CC.COCC(C=N)C/C=C/CCCCCCCCCCCCCN. The lowest BCUT2D eigenvalue weighted by molar-refractivity contribution is 0.178. The van der Waals surface area contributed by atoms with Gasteiger partial charge in [-0.25, -0.2) is 0 Å². The van der Waals surface area contributed by atoms with Crippen LogP contribution in [0.1, 0.15) is 97.3 Å². The highest BCUT2D eigenvalue weighted by Gasteiger charge is 2.00. The van der Waals surface area contributed by atoms with Crippen molar-refractivity contribution < 1.29 is 4.74 Å². The van der Waals surface area contributed by atoms with Gasteiger partial charge in [-0.3, -0.25) is 0 Å². The van der Waals surface area contributed by atoms with E-state index in [4.69, 9.17) is 15.9 Å². The van der Waals surface area contributed by atoms with Gasteiger partial charge in [0.1, 0.15) is 0 Å². The van der Waals surface area contributed by atoms with Crippen molar-refractivity contribution in [3.8, 4) is 0 Å². The van der Waals surface area contributed by atoms with Crippen LogP contribution in [0.15, 0.2) is 12.2 Å². The summed E-state index contributed by atoms with van der Waals surface area (Å²) in [5.41, 5.74) is 5.49. The molecule has 0 aliphatic heterocycles. The van der Waals surface area contributed by atoms with E-state index in [1.807, 2.05) is 13.8 Å². The summed E-state index contributed by atoms with van der Waals surface area (Å²) < 4.78 is 5.08. The van der Waals surface area contributed by atoms with Gasteiger partial charge in [0.2, 0.25) is 0 Å². The van der Waals surface area contributed by atoms with Crippen molar-refractivity contribution in [2.24, 2.45) is 11.7 Å². The number of unbranched alkanes of at least 4 members (excludes halogenated alkanes) is 11. The molecular formula is C22H46N2O. The van der Waals surface area contributed by atoms with Crippen LogP contribution in [0.25, 0.3) is 0 Å². The minimum atomic E-state index is 0.242. The zero-order valence-corrected chi connectivity index (χ0v) is 17.4. The Labute approximate surface area is 158 Å². The summed E-state index contributed by atoms with van der Waals surface area (Å²) in [5, 5.41) is 7.30. The summed E-state index contributed by atoms with van der Waals surface area (Å²) in [6.45, 7) is 5.51. The third-order valence-electron chi connectivity index (χ3n) is 4.30. The van der Waals surface area contributed by atoms with E-state index in [9.17, 15) is 0 Å². The fourth-order valence-corrected chi connectivity index (χ4v) is 2.78. The molecule has 0 aromatic carbocycles. The van der Waals surface area contributed by atoms with Crippen LogP contribution in [0.3, 0.4) is 0 Å². The van der Waals surface area contributed by atoms with Crippen LogP contribution in [-0.4, -0.2) is 26.5 Å². The van der Waals surface area contributed by atoms with E-state index < -0.39 is 0 Å². The molecule has 1 unspecified atom stereocenters. The Morgan fingerprint density at radius 3 is 1.72 bits per heavy atom. The summed E-state index contributed by atoms with van der Waals surface area (Å²) in [6, 6.07) is 0. The molecule has 0 bridgehead atoms. The summed E-state index contributed by atoms with van der Waals surface area (Å²) in [7, 11) is 1.70. The third-order valence-corrected chi connectivity index (χ3v) is 4.30. The molecule has 25 heavy (non-hydrogen) atoms. The summed E-state index contributed by atoms with van der Waals surface area (Å²) in [4.78, 5) is 0. The van der Waals surface area contributed by atoms with E-state index in [-0.39, 0.29) is 5.92 Å². The van der Waals surface area contributed by atoms with Gasteiger partial charge in [0.15, 0.2) is 0 Å². The highest BCUT2D eigenvalue weighted by molar-refractivity contribution is 5.57. The average molecular weight is 355 g/mol. The Balaban J connectivity index is 0. The maximum Gasteiger partial charge on any atom is 0.0542 e. The zero-order valence-electron chi connectivity index (χ0n) is 17.4. The maximum absolute atomic E-state index is 7.30. The van der Waals surface area contributed by atoms with Crippen molar-refractivity contribution in [3.63, 3.8) is 0 Å². The second-order valence-electron chi connectivity index (χ2n) is 6.56. The molecule has 0 heterocycles. The lowest BCUT2D eigenvalue weighted by Crippen LogP contribution is -2.07. The number of hydrogen-bond acceptors (Lipinski definition) is 3.